The molecule has 2 rings (SSSR count). The summed E-state index contributed by atoms with van der Waals surface area (Å²) in [6.45, 7) is 0. The summed E-state index contributed by atoms with van der Waals surface area (Å²) in [6.07, 6.45) is 0. The van der Waals surface area contributed by atoms with Gasteiger partial charge in [-0.3, -0.25) is 20.2 Å². The summed E-state index contributed by atoms with van der Waals surface area (Å²) in [7, 11) is 0. The van der Waals surface area contributed by atoms with E-state index in [1.165, 1.54) is 29.5 Å². The van der Waals surface area contributed by atoms with Crippen molar-refractivity contribution in [3.05, 3.63) is 49.4 Å². The fourth-order valence-corrected chi connectivity index (χ4v) is 2.82. The van der Waals surface area contributed by atoms with Gasteiger partial charge in [0.2, 0.25) is 0 Å². The van der Waals surface area contributed by atoms with Gasteiger partial charge in [-0.1, -0.05) is 15.9 Å². The molecule has 0 radical (unpaired) electrons. The Morgan fingerprint density at radius 3 is 2.85 bits per heavy atom. The van der Waals surface area contributed by atoms with E-state index in [9.17, 15) is 14.9 Å². The lowest BCUT2D eigenvalue weighted by molar-refractivity contribution is -0.384. The Bertz CT molecular complexity index is 677. The summed E-state index contributed by atoms with van der Waals surface area (Å²) in [4.78, 5) is 26.3. The van der Waals surface area contributed by atoms with Gasteiger partial charge in [-0.25, -0.2) is 4.98 Å². The van der Waals surface area contributed by atoms with E-state index in [1.807, 2.05) is 0 Å². The molecule has 0 aliphatic rings. The Hall–Kier alpha value is -1.51. The van der Waals surface area contributed by atoms with Crippen molar-refractivity contribution in [1.82, 2.24) is 4.98 Å². The number of nitrogens with zero attached hydrogens (tertiary/aromatic N) is 2. The monoisotopic (exact) mass is 375 g/mol. The van der Waals surface area contributed by atoms with Crippen LogP contribution in [-0.2, 0) is 5.88 Å². The maximum Gasteiger partial charge on any atom is 0.271 e. The van der Waals surface area contributed by atoms with Gasteiger partial charge >= 0.3 is 0 Å². The Labute approximate surface area is 131 Å². The first kappa shape index (κ1) is 14.9. The number of carbonyl (C=O) groups is 1. The highest BCUT2D eigenvalue weighted by atomic mass is 79.9. The highest BCUT2D eigenvalue weighted by Gasteiger charge is 2.15. The average molecular weight is 377 g/mol. The van der Waals surface area contributed by atoms with Crippen LogP contribution in [0.5, 0.6) is 0 Å². The number of hydrogen-bond donors (Lipinski definition) is 1. The van der Waals surface area contributed by atoms with Crippen molar-refractivity contribution in [3.8, 4) is 0 Å². The number of anilines is 1. The smallest absolute Gasteiger partial charge is 0.271 e. The molecule has 0 fully saturated rings. The van der Waals surface area contributed by atoms with Crippen LogP contribution in [0.3, 0.4) is 0 Å². The molecule has 0 bridgehead atoms. The van der Waals surface area contributed by atoms with Gasteiger partial charge in [0, 0.05) is 27.5 Å². The van der Waals surface area contributed by atoms with Crippen LogP contribution in [0.15, 0.2) is 28.1 Å². The third kappa shape index (κ3) is 3.53. The molecular weight excluding hydrogens is 370 g/mol. The largest absolute Gasteiger partial charge is 0.298 e. The number of aromatic nitrogens is 1. The first-order valence-corrected chi connectivity index (χ1v) is 7.47. The van der Waals surface area contributed by atoms with Gasteiger partial charge in [-0.15, -0.1) is 22.9 Å². The Morgan fingerprint density at radius 2 is 2.25 bits per heavy atom. The zero-order valence-corrected chi connectivity index (χ0v) is 13.0. The van der Waals surface area contributed by atoms with Gasteiger partial charge in [-0.05, 0) is 6.07 Å². The minimum Gasteiger partial charge on any atom is -0.298 e. The third-order valence-corrected chi connectivity index (χ3v) is 3.80. The SMILES string of the molecule is O=C(Nc1nc(CCl)cs1)c1cc(Br)cc([N+](=O)[O-])c1. The van der Waals surface area contributed by atoms with Crippen LogP contribution in [0.25, 0.3) is 0 Å². The molecular formula is C11H7BrClN3O3S. The predicted octanol–water partition coefficient (Wildman–Crippen LogP) is 3.80. The molecule has 0 aliphatic heterocycles. The number of thiazole rings is 1. The first-order chi connectivity index (χ1) is 9.49. The lowest BCUT2D eigenvalue weighted by Crippen LogP contribution is -2.12. The minimum absolute atomic E-state index is 0.162. The van der Waals surface area contributed by atoms with Crippen LogP contribution in [0.2, 0.25) is 0 Å². The van der Waals surface area contributed by atoms with Crippen LogP contribution in [0.4, 0.5) is 10.8 Å². The minimum atomic E-state index is -0.559. The van der Waals surface area contributed by atoms with E-state index in [0.717, 1.165) is 0 Å². The molecule has 0 unspecified atom stereocenters. The molecule has 20 heavy (non-hydrogen) atoms. The first-order valence-electron chi connectivity index (χ1n) is 5.26. The molecule has 1 aromatic carbocycles. The molecule has 0 saturated heterocycles. The predicted molar refractivity (Wildman–Crippen MR) is 80.4 cm³/mol. The van der Waals surface area contributed by atoms with E-state index < -0.39 is 10.8 Å². The van der Waals surface area contributed by atoms with E-state index >= 15 is 0 Å². The van der Waals surface area contributed by atoms with E-state index in [1.54, 1.807) is 5.38 Å². The van der Waals surface area contributed by atoms with Gasteiger partial charge in [0.15, 0.2) is 5.13 Å². The number of nitrogens with one attached hydrogen (secondary N) is 1. The molecule has 1 aromatic heterocycles. The lowest BCUT2D eigenvalue weighted by atomic mass is 10.2. The van der Waals surface area contributed by atoms with E-state index in [2.05, 4.69) is 26.2 Å². The average Bonchev–Trinajstić information content (AvgIpc) is 2.85. The zero-order valence-electron chi connectivity index (χ0n) is 9.80. The maximum absolute atomic E-state index is 12.0. The number of carbonyl (C=O) groups excluding carboxylic acids is 1. The topological polar surface area (TPSA) is 85.1 Å². The Balaban J connectivity index is 2.22. The number of rotatable bonds is 4. The summed E-state index contributed by atoms with van der Waals surface area (Å²) in [5.74, 6) is -0.209. The van der Waals surface area contributed by atoms with Crippen LogP contribution < -0.4 is 5.32 Å². The lowest BCUT2D eigenvalue weighted by Gasteiger charge is -2.02. The molecule has 0 atom stereocenters. The van der Waals surface area contributed by atoms with Gasteiger partial charge < -0.3 is 0 Å². The van der Waals surface area contributed by atoms with E-state index in [4.69, 9.17) is 11.6 Å². The molecule has 1 heterocycles. The molecule has 104 valence electrons. The van der Waals surface area contributed by atoms with Crippen LogP contribution in [0.1, 0.15) is 16.1 Å². The Kier molecular flexibility index (Phi) is 4.69. The number of nitro benzene ring substituents is 1. The molecule has 1 N–H and O–H groups in total. The van der Waals surface area contributed by atoms with E-state index in [-0.39, 0.29) is 17.1 Å². The number of amides is 1. The van der Waals surface area contributed by atoms with Gasteiger partial charge in [-0.2, -0.15) is 0 Å². The van der Waals surface area contributed by atoms with Crippen LogP contribution in [-0.4, -0.2) is 15.8 Å². The molecule has 6 nitrogen and oxygen atoms in total. The van der Waals surface area contributed by atoms with Crippen molar-refractivity contribution in [3.63, 3.8) is 0 Å². The summed E-state index contributed by atoms with van der Waals surface area (Å²) < 4.78 is 0.456. The molecule has 9 heteroatoms. The van der Waals surface area contributed by atoms with Crippen molar-refractivity contribution in [2.45, 2.75) is 5.88 Å². The molecule has 0 spiro atoms. The summed E-state index contributed by atoms with van der Waals surface area (Å²) in [5.41, 5.74) is 0.672. The van der Waals surface area contributed by atoms with Crippen molar-refractivity contribution in [2.24, 2.45) is 0 Å². The third-order valence-electron chi connectivity index (χ3n) is 2.26. The van der Waals surface area contributed by atoms with Crippen LogP contribution >= 0.6 is 38.9 Å². The van der Waals surface area contributed by atoms with Crippen molar-refractivity contribution in [1.29, 1.82) is 0 Å². The molecule has 2 aromatic rings. The number of non-ortho nitro benzene ring substituents is 1. The summed E-state index contributed by atoms with van der Waals surface area (Å²) in [5, 5.41) is 15.5. The number of halogens is 2. The quantitative estimate of drug-likeness (QED) is 0.499. The van der Waals surface area contributed by atoms with Crippen molar-refractivity contribution in [2.75, 3.05) is 5.32 Å². The second-order valence-corrected chi connectivity index (χ2v) is 5.73. The summed E-state index contributed by atoms with van der Waals surface area (Å²) >= 11 is 9.99. The zero-order chi connectivity index (χ0) is 14.7. The Morgan fingerprint density at radius 1 is 1.50 bits per heavy atom. The fourth-order valence-electron chi connectivity index (χ4n) is 1.41. The van der Waals surface area contributed by atoms with Gasteiger partial charge in [0.1, 0.15) is 0 Å². The van der Waals surface area contributed by atoms with Crippen LogP contribution in [0, 0.1) is 10.1 Å². The highest BCUT2D eigenvalue weighted by Crippen LogP contribution is 2.23. The van der Waals surface area contributed by atoms with Crippen molar-refractivity contribution >= 4 is 55.6 Å². The summed E-state index contributed by atoms with van der Waals surface area (Å²) in [6, 6.07) is 4.03. The second-order valence-electron chi connectivity index (χ2n) is 3.69. The second kappa shape index (κ2) is 6.29. The number of nitro groups is 1. The normalized spacial score (nSPS) is 10.3. The van der Waals surface area contributed by atoms with Gasteiger partial charge in [0.05, 0.1) is 16.5 Å². The van der Waals surface area contributed by atoms with E-state index in [0.29, 0.717) is 15.3 Å². The van der Waals surface area contributed by atoms with Crippen molar-refractivity contribution < 1.29 is 9.72 Å². The number of alkyl halides is 1. The molecule has 0 saturated carbocycles. The molecule has 0 aliphatic carbocycles. The number of benzene rings is 1. The fraction of sp³-hybridized carbons (Fsp3) is 0.0909. The maximum atomic E-state index is 12.0. The molecule has 1 amide bonds. The highest BCUT2D eigenvalue weighted by molar-refractivity contribution is 9.10. The standard InChI is InChI=1S/C11H7BrClN3O3S/c12-7-1-6(2-9(3-7)16(18)19)10(17)15-11-14-8(4-13)5-20-11/h1-3,5H,4H2,(H,14,15,17). The van der Waals surface area contributed by atoms with Gasteiger partial charge in [0.25, 0.3) is 11.6 Å². The number of hydrogen-bond acceptors (Lipinski definition) is 5.